The Morgan fingerprint density at radius 1 is 0.933 bits per heavy atom. The topological polar surface area (TPSA) is 52.7 Å². The van der Waals surface area contributed by atoms with Crippen LogP contribution in [0.25, 0.3) is 0 Å². The molecule has 1 aliphatic rings. The van der Waals surface area contributed by atoms with Gasteiger partial charge >= 0.3 is 0 Å². The Hall–Kier alpha value is -2.53. The van der Waals surface area contributed by atoms with Crippen molar-refractivity contribution in [2.75, 3.05) is 36.4 Å². The first-order valence-corrected chi connectivity index (χ1v) is 10.8. The SMILES string of the molecule is CC(Cl)C(=O)Nc1ccc(N2CCN(C(=O)c3ccc(C(C)(C)C)cc3)CC2)cc1. The van der Waals surface area contributed by atoms with Crippen molar-refractivity contribution in [2.24, 2.45) is 0 Å². The van der Waals surface area contributed by atoms with E-state index in [1.54, 1.807) is 6.92 Å². The van der Waals surface area contributed by atoms with Crippen molar-refractivity contribution in [3.05, 3.63) is 59.7 Å². The Morgan fingerprint density at radius 3 is 2.00 bits per heavy atom. The van der Waals surface area contributed by atoms with Crippen LogP contribution in [-0.4, -0.2) is 48.3 Å². The summed E-state index contributed by atoms with van der Waals surface area (Å²) in [6.07, 6.45) is 0. The number of carbonyl (C=O) groups is 2. The molecule has 2 amide bonds. The molecule has 5 nitrogen and oxygen atoms in total. The first-order valence-electron chi connectivity index (χ1n) is 10.3. The highest BCUT2D eigenvalue weighted by molar-refractivity contribution is 6.32. The molecule has 1 atom stereocenters. The molecule has 2 aromatic rings. The molecule has 1 N–H and O–H groups in total. The van der Waals surface area contributed by atoms with Gasteiger partial charge in [0.05, 0.1) is 0 Å². The van der Waals surface area contributed by atoms with Crippen molar-refractivity contribution in [1.82, 2.24) is 4.90 Å². The van der Waals surface area contributed by atoms with Gasteiger partial charge in [-0.3, -0.25) is 9.59 Å². The second-order valence-electron chi connectivity index (χ2n) is 8.76. The van der Waals surface area contributed by atoms with E-state index in [1.807, 2.05) is 41.3 Å². The van der Waals surface area contributed by atoms with Gasteiger partial charge in [-0.25, -0.2) is 0 Å². The largest absolute Gasteiger partial charge is 0.368 e. The van der Waals surface area contributed by atoms with Crippen LogP contribution in [0, 0.1) is 0 Å². The number of nitrogens with one attached hydrogen (secondary N) is 1. The summed E-state index contributed by atoms with van der Waals surface area (Å²) in [4.78, 5) is 28.7. The van der Waals surface area contributed by atoms with E-state index in [2.05, 4.69) is 43.1 Å². The van der Waals surface area contributed by atoms with Crippen molar-refractivity contribution in [3.63, 3.8) is 0 Å². The summed E-state index contributed by atoms with van der Waals surface area (Å²) in [7, 11) is 0. The van der Waals surface area contributed by atoms with Crippen molar-refractivity contribution in [2.45, 2.75) is 38.5 Å². The second-order valence-corrected chi connectivity index (χ2v) is 9.41. The van der Waals surface area contributed by atoms with E-state index in [0.29, 0.717) is 13.1 Å². The van der Waals surface area contributed by atoms with Gasteiger partial charge in [0.1, 0.15) is 5.38 Å². The highest BCUT2D eigenvalue weighted by atomic mass is 35.5. The van der Waals surface area contributed by atoms with Crippen LogP contribution in [0.2, 0.25) is 0 Å². The predicted octanol–water partition coefficient (Wildman–Crippen LogP) is 4.51. The van der Waals surface area contributed by atoms with E-state index in [-0.39, 0.29) is 17.2 Å². The van der Waals surface area contributed by atoms with Crippen molar-refractivity contribution in [3.8, 4) is 0 Å². The fourth-order valence-corrected chi connectivity index (χ4v) is 3.51. The van der Waals surface area contributed by atoms with E-state index in [0.717, 1.165) is 30.0 Å². The summed E-state index contributed by atoms with van der Waals surface area (Å²) in [5, 5.41) is 2.21. The fourth-order valence-electron chi connectivity index (χ4n) is 3.46. The minimum Gasteiger partial charge on any atom is -0.368 e. The average molecular weight is 428 g/mol. The first kappa shape index (κ1) is 22.2. The number of carbonyl (C=O) groups excluding carboxylic acids is 2. The smallest absolute Gasteiger partial charge is 0.253 e. The molecule has 1 saturated heterocycles. The van der Waals surface area contributed by atoms with E-state index in [9.17, 15) is 9.59 Å². The third kappa shape index (κ3) is 5.33. The lowest BCUT2D eigenvalue weighted by Crippen LogP contribution is -2.48. The van der Waals surface area contributed by atoms with Gasteiger partial charge in [0.2, 0.25) is 5.91 Å². The van der Waals surface area contributed by atoms with Crippen molar-refractivity contribution < 1.29 is 9.59 Å². The highest BCUT2D eigenvalue weighted by Gasteiger charge is 2.23. The number of anilines is 2. The molecular formula is C24H30ClN3O2. The quantitative estimate of drug-likeness (QED) is 0.730. The van der Waals surface area contributed by atoms with Gasteiger partial charge in [0, 0.05) is 43.1 Å². The van der Waals surface area contributed by atoms with E-state index >= 15 is 0 Å². The lowest BCUT2D eigenvalue weighted by atomic mass is 9.86. The van der Waals surface area contributed by atoms with Crippen LogP contribution in [0.4, 0.5) is 11.4 Å². The fraction of sp³-hybridized carbons (Fsp3) is 0.417. The number of hydrogen-bond donors (Lipinski definition) is 1. The molecule has 160 valence electrons. The van der Waals surface area contributed by atoms with Crippen LogP contribution in [-0.2, 0) is 10.2 Å². The third-order valence-corrected chi connectivity index (χ3v) is 5.62. The summed E-state index contributed by atoms with van der Waals surface area (Å²) in [5.41, 5.74) is 3.85. The van der Waals surface area contributed by atoms with Gasteiger partial charge in [-0.1, -0.05) is 32.9 Å². The lowest BCUT2D eigenvalue weighted by molar-refractivity contribution is -0.115. The molecule has 2 aromatic carbocycles. The van der Waals surface area contributed by atoms with E-state index < -0.39 is 5.38 Å². The Kier molecular flexibility index (Phi) is 6.71. The molecule has 0 radical (unpaired) electrons. The molecule has 0 bridgehead atoms. The molecule has 1 aliphatic heterocycles. The molecule has 0 aromatic heterocycles. The van der Waals surface area contributed by atoms with E-state index in [1.165, 1.54) is 5.56 Å². The minimum atomic E-state index is -0.569. The first-order chi connectivity index (χ1) is 14.1. The average Bonchev–Trinajstić information content (AvgIpc) is 2.73. The van der Waals surface area contributed by atoms with Gasteiger partial charge in [0.15, 0.2) is 0 Å². The number of nitrogens with zero attached hydrogens (tertiary/aromatic N) is 2. The van der Waals surface area contributed by atoms with Crippen LogP contribution in [0.5, 0.6) is 0 Å². The number of benzene rings is 2. The van der Waals surface area contributed by atoms with Gasteiger partial charge < -0.3 is 15.1 Å². The summed E-state index contributed by atoms with van der Waals surface area (Å²) in [6.45, 7) is 11.1. The molecule has 0 saturated carbocycles. The van der Waals surface area contributed by atoms with Crippen LogP contribution in [0.3, 0.4) is 0 Å². The summed E-state index contributed by atoms with van der Waals surface area (Å²) < 4.78 is 0. The molecule has 30 heavy (non-hydrogen) atoms. The lowest BCUT2D eigenvalue weighted by Gasteiger charge is -2.36. The number of rotatable bonds is 4. The molecule has 1 heterocycles. The predicted molar refractivity (Wildman–Crippen MR) is 124 cm³/mol. The Labute approximate surface area is 184 Å². The van der Waals surface area contributed by atoms with Gasteiger partial charge in [0.25, 0.3) is 5.91 Å². The summed E-state index contributed by atoms with van der Waals surface area (Å²) >= 11 is 5.79. The molecule has 0 aliphatic carbocycles. The molecule has 6 heteroatoms. The zero-order valence-electron chi connectivity index (χ0n) is 18.1. The second kappa shape index (κ2) is 9.09. The maximum atomic E-state index is 12.9. The standard InChI is InChI=1S/C24H30ClN3O2/c1-17(25)22(29)26-20-9-11-21(12-10-20)27-13-15-28(16-14-27)23(30)18-5-7-19(8-6-18)24(2,3)4/h5-12,17H,13-16H2,1-4H3,(H,26,29). The zero-order chi connectivity index (χ0) is 21.9. The van der Waals surface area contributed by atoms with Gasteiger partial charge in [-0.05, 0) is 54.3 Å². The highest BCUT2D eigenvalue weighted by Crippen LogP contribution is 2.23. The third-order valence-electron chi connectivity index (χ3n) is 5.43. The number of hydrogen-bond acceptors (Lipinski definition) is 3. The van der Waals surface area contributed by atoms with Crippen LogP contribution < -0.4 is 10.2 Å². The Morgan fingerprint density at radius 2 is 1.50 bits per heavy atom. The minimum absolute atomic E-state index is 0.0772. The normalized spacial score (nSPS) is 15.6. The Bertz CT molecular complexity index is 878. The molecule has 0 spiro atoms. The molecule has 1 unspecified atom stereocenters. The van der Waals surface area contributed by atoms with Gasteiger partial charge in [-0.2, -0.15) is 0 Å². The van der Waals surface area contributed by atoms with Crippen LogP contribution in [0.1, 0.15) is 43.6 Å². The monoisotopic (exact) mass is 427 g/mol. The van der Waals surface area contributed by atoms with Gasteiger partial charge in [-0.15, -0.1) is 11.6 Å². The number of halogens is 1. The maximum Gasteiger partial charge on any atom is 0.253 e. The van der Waals surface area contributed by atoms with Crippen LogP contribution in [0.15, 0.2) is 48.5 Å². The number of piperazine rings is 1. The molecule has 1 fully saturated rings. The van der Waals surface area contributed by atoms with Crippen LogP contribution >= 0.6 is 11.6 Å². The number of amides is 2. The van der Waals surface area contributed by atoms with Crippen molar-refractivity contribution in [1.29, 1.82) is 0 Å². The summed E-state index contributed by atoms with van der Waals surface area (Å²) in [5.74, 6) is -0.129. The maximum absolute atomic E-state index is 12.9. The number of alkyl halides is 1. The molecule has 3 rings (SSSR count). The van der Waals surface area contributed by atoms with Crippen molar-refractivity contribution >= 4 is 34.8 Å². The Balaban J connectivity index is 1.56. The van der Waals surface area contributed by atoms with E-state index in [4.69, 9.17) is 11.6 Å². The molecular weight excluding hydrogens is 398 g/mol. The zero-order valence-corrected chi connectivity index (χ0v) is 18.9. The summed E-state index contributed by atoms with van der Waals surface area (Å²) in [6, 6.07) is 15.7.